The number of sulfonamides is 1. The van der Waals surface area contributed by atoms with Crippen molar-refractivity contribution < 1.29 is 57.8 Å². The van der Waals surface area contributed by atoms with Crippen LogP contribution in [0.25, 0.3) is 0 Å². The van der Waals surface area contributed by atoms with Crippen LogP contribution >= 0.6 is 0 Å². The third-order valence-electron chi connectivity index (χ3n) is 1.86. The predicted molar refractivity (Wildman–Crippen MR) is 42.8 cm³/mol. The van der Waals surface area contributed by atoms with E-state index in [4.69, 9.17) is 0 Å². The van der Waals surface area contributed by atoms with Crippen LogP contribution in [0.4, 0.5) is 39.5 Å². The summed E-state index contributed by atoms with van der Waals surface area (Å²) in [5.41, 5.74) is 0. The van der Waals surface area contributed by atoms with E-state index >= 15 is 0 Å². The van der Waals surface area contributed by atoms with E-state index in [1.807, 2.05) is 0 Å². The zero-order valence-corrected chi connectivity index (χ0v) is 9.97. The molecular formula is C6H3F9NO4S-. The van der Waals surface area contributed by atoms with Crippen LogP contribution in [0.5, 0.6) is 0 Å². The average molecular weight is 356 g/mol. The van der Waals surface area contributed by atoms with Crippen LogP contribution in [-0.2, 0) is 14.8 Å². The Morgan fingerprint density at radius 3 is 1.57 bits per heavy atom. The quantitative estimate of drug-likeness (QED) is 0.683. The van der Waals surface area contributed by atoms with Crippen molar-refractivity contribution >= 4 is 16.0 Å². The summed E-state index contributed by atoms with van der Waals surface area (Å²) in [7, 11) is -6.89. The molecule has 0 unspecified atom stereocenters. The van der Waals surface area contributed by atoms with Crippen molar-refractivity contribution in [2.45, 2.75) is 23.3 Å². The highest BCUT2D eigenvalue weighted by molar-refractivity contribution is 7.90. The number of carbonyl (C=O) groups is 1. The first-order chi connectivity index (χ1) is 8.92. The summed E-state index contributed by atoms with van der Waals surface area (Å²) < 4.78 is 132. The second-order valence-corrected chi connectivity index (χ2v) is 5.17. The lowest BCUT2D eigenvalue weighted by Gasteiger charge is -2.33. The van der Waals surface area contributed by atoms with Crippen LogP contribution in [-0.4, -0.2) is 44.2 Å². The first-order valence-electron chi connectivity index (χ1n) is 4.31. The van der Waals surface area contributed by atoms with E-state index in [2.05, 4.69) is 0 Å². The molecule has 0 radical (unpaired) electrons. The fraction of sp³-hybridized carbons (Fsp3) is 0.833. The lowest BCUT2D eigenvalue weighted by molar-refractivity contribution is -0.382. The summed E-state index contributed by atoms with van der Waals surface area (Å²) in [6.45, 7) is -2.05. The third kappa shape index (κ3) is 3.17. The van der Waals surface area contributed by atoms with Crippen LogP contribution in [0.15, 0.2) is 0 Å². The van der Waals surface area contributed by atoms with Gasteiger partial charge in [0.25, 0.3) is 10.0 Å². The number of hydrogen-bond donors (Lipinski definition) is 1. The summed E-state index contributed by atoms with van der Waals surface area (Å²) in [6.07, 6.45) is -7.19. The highest BCUT2D eigenvalue weighted by Gasteiger charge is 2.85. The fourth-order valence-electron chi connectivity index (χ4n) is 0.774. The van der Waals surface area contributed by atoms with E-state index in [0.717, 1.165) is 0 Å². The topological polar surface area (TPSA) is 86.3 Å². The van der Waals surface area contributed by atoms with Gasteiger partial charge < -0.3 is 9.90 Å². The highest BCUT2D eigenvalue weighted by atomic mass is 32.2. The van der Waals surface area contributed by atoms with Crippen LogP contribution in [0.2, 0.25) is 0 Å². The largest absolute Gasteiger partial charge is 0.549 e. The first kappa shape index (κ1) is 19.8. The van der Waals surface area contributed by atoms with Gasteiger partial charge in [-0.2, -0.15) is 39.5 Å². The molecule has 0 spiro atoms. The van der Waals surface area contributed by atoms with Crippen LogP contribution < -0.4 is 9.83 Å². The Kier molecular flexibility index (Phi) is 4.88. The van der Waals surface area contributed by atoms with Crippen molar-refractivity contribution in [2.24, 2.45) is 0 Å². The molecule has 21 heavy (non-hydrogen) atoms. The first-order valence-corrected chi connectivity index (χ1v) is 5.79. The molecule has 126 valence electrons. The van der Waals surface area contributed by atoms with E-state index in [9.17, 15) is 57.8 Å². The molecule has 0 saturated carbocycles. The molecule has 0 fully saturated rings. The van der Waals surface area contributed by atoms with Gasteiger partial charge in [-0.1, -0.05) is 0 Å². The van der Waals surface area contributed by atoms with Gasteiger partial charge in [0.05, 0.1) is 12.5 Å². The van der Waals surface area contributed by atoms with Crippen molar-refractivity contribution in [1.29, 1.82) is 0 Å². The molecule has 0 saturated heterocycles. The van der Waals surface area contributed by atoms with E-state index in [-0.39, 0.29) is 4.72 Å². The van der Waals surface area contributed by atoms with Crippen LogP contribution in [0.3, 0.4) is 0 Å². The monoisotopic (exact) mass is 356 g/mol. The summed E-state index contributed by atoms with van der Waals surface area (Å²) in [5.74, 6) is -17.2. The summed E-state index contributed by atoms with van der Waals surface area (Å²) in [6, 6.07) is 0. The van der Waals surface area contributed by atoms with Gasteiger partial charge in [0.15, 0.2) is 0 Å². The SMILES string of the molecule is O=C([O-])CNS(=O)(=O)C(F)(F)C(F)(F)C(F)(F)C(F)(F)F. The Morgan fingerprint density at radius 1 is 0.905 bits per heavy atom. The van der Waals surface area contributed by atoms with Gasteiger partial charge >= 0.3 is 23.3 Å². The van der Waals surface area contributed by atoms with Crippen molar-refractivity contribution in [3.63, 3.8) is 0 Å². The number of aliphatic carboxylic acids is 1. The van der Waals surface area contributed by atoms with Crippen molar-refractivity contribution in [3.8, 4) is 0 Å². The zero-order chi connectivity index (χ0) is 17.5. The molecule has 0 atom stereocenters. The lowest BCUT2D eigenvalue weighted by Crippen LogP contribution is -2.65. The number of rotatable bonds is 6. The van der Waals surface area contributed by atoms with Gasteiger partial charge in [0.2, 0.25) is 0 Å². The lowest BCUT2D eigenvalue weighted by atomic mass is 10.1. The molecule has 0 heterocycles. The second-order valence-electron chi connectivity index (χ2n) is 3.36. The second kappa shape index (κ2) is 5.19. The molecule has 0 rings (SSSR count). The van der Waals surface area contributed by atoms with Gasteiger partial charge in [-0.25, -0.2) is 13.1 Å². The van der Waals surface area contributed by atoms with Gasteiger partial charge in [-0.05, 0) is 0 Å². The number of carboxylic acid groups (broad SMARTS) is 1. The smallest absolute Gasteiger partial charge is 0.460 e. The normalized spacial score (nSPS) is 15.1. The number of carboxylic acids is 1. The average Bonchev–Trinajstić information content (AvgIpc) is 2.24. The minimum atomic E-state index is -7.41. The van der Waals surface area contributed by atoms with Crippen LogP contribution in [0, 0.1) is 0 Å². The zero-order valence-electron chi connectivity index (χ0n) is 9.15. The van der Waals surface area contributed by atoms with Crippen molar-refractivity contribution in [3.05, 3.63) is 0 Å². The van der Waals surface area contributed by atoms with Crippen molar-refractivity contribution in [1.82, 2.24) is 4.72 Å². The van der Waals surface area contributed by atoms with E-state index in [0.29, 0.717) is 0 Å². The molecule has 0 aromatic rings. The number of hydrogen-bond acceptors (Lipinski definition) is 4. The molecule has 0 amide bonds. The van der Waals surface area contributed by atoms with Gasteiger partial charge in [-0.15, -0.1) is 0 Å². The Labute approximate surface area is 109 Å². The van der Waals surface area contributed by atoms with Gasteiger partial charge in [-0.3, -0.25) is 0 Å². The maximum Gasteiger partial charge on any atom is 0.460 e. The van der Waals surface area contributed by atoms with Gasteiger partial charge in [0, 0.05) is 0 Å². The van der Waals surface area contributed by atoms with E-state index in [1.165, 1.54) is 0 Å². The highest BCUT2D eigenvalue weighted by Crippen LogP contribution is 2.54. The summed E-state index contributed by atoms with van der Waals surface area (Å²) >= 11 is 0. The molecule has 0 aliphatic rings. The fourth-order valence-corrected chi connectivity index (χ4v) is 1.73. The van der Waals surface area contributed by atoms with E-state index < -0.39 is 45.8 Å². The Bertz CT molecular complexity index is 511. The number of carbonyl (C=O) groups excluding carboxylic acids is 1. The molecule has 0 aromatic carbocycles. The minimum absolute atomic E-state index is 0.208. The Hall–Kier alpha value is -1.25. The summed E-state index contributed by atoms with van der Waals surface area (Å²) in [4.78, 5) is 9.78. The molecule has 1 N–H and O–H groups in total. The van der Waals surface area contributed by atoms with Crippen molar-refractivity contribution in [2.75, 3.05) is 6.54 Å². The third-order valence-corrected chi connectivity index (χ3v) is 3.32. The maximum atomic E-state index is 12.9. The standard InChI is InChI=1S/C6H4F9NO4S/c7-3(8,5(11,12)13)4(9,10)6(14,15)21(19,20)16-1-2(17)18/h16H,1H2,(H,17,18)/p-1. The number of nitrogens with one attached hydrogen (secondary N) is 1. The van der Waals surface area contributed by atoms with Gasteiger partial charge in [0.1, 0.15) is 0 Å². The molecule has 15 heteroatoms. The maximum absolute atomic E-state index is 12.9. The molecule has 5 nitrogen and oxygen atoms in total. The molecule has 0 aliphatic heterocycles. The van der Waals surface area contributed by atoms with Crippen LogP contribution in [0.1, 0.15) is 0 Å². The minimum Gasteiger partial charge on any atom is -0.549 e. The molecule has 0 bridgehead atoms. The Morgan fingerprint density at radius 2 is 1.29 bits per heavy atom. The molecular weight excluding hydrogens is 353 g/mol. The number of alkyl halides is 9. The molecule has 0 aliphatic carbocycles. The number of halogens is 9. The predicted octanol–water partition coefficient (Wildman–Crippen LogP) is 0.0814. The summed E-state index contributed by atoms with van der Waals surface area (Å²) in [5, 5.41) is 2.82. The molecule has 0 aromatic heterocycles. The Balaban J connectivity index is 5.84. The van der Waals surface area contributed by atoms with E-state index in [1.54, 1.807) is 0 Å².